The number of piperazine rings is 1. The number of carbonyl (C=O) groups is 2. The lowest BCUT2D eigenvalue weighted by atomic mass is 10.1. The molecule has 2 rings (SSSR count). The van der Waals surface area contributed by atoms with E-state index in [1.807, 2.05) is 23.8 Å². The minimum Gasteiger partial charge on any atom is -0.360 e. The maximum absolute atomic E-state index is 12.2. The highest BCUT2D eigenvalue weighted by atomic mass is 16.5. The summed E-state index contributed by atoms with van der Waals surface area (Å²) in [4.78, 5) is 28.1. The largest absolute Gasteiger partial charge is 0.360 e. The fourth-order valence-corrected chi connectivity index (χ4v) is 2.64. The Kier molecular flexibility index (Phi) is 6.12. The Morgan fingerprint density at radius 3 is 2.61 bits per heavy atom. The Hall–Kier alpha value is -1.93. The van der Waals surface area contributed by atoms with E-state index < -0.39 is 0 Å². The van der Waals surface area contributed by atoms with Crippen LogP contribution in [0.3, 0.4) is 0 Å². The Morgan fingerprint density at radius 2 is 2.04 bits per heavy atom. The van der Waals surface area contributed by atoms with Crippen molar-refractivity contribution >= 4 is 17.6 Å². The quantitative estimate of drug-likeness (QED) is 0.761. The van der Waals surface area contributed by atoms with E-state index in [4.69, 9.17) is 4.52 Å². The van der Waals surface area contributed by atoms with Gasteiger partial charge in [0.2, 0.25) is 11.8 Å². The van der Waals surface area contributed by atoms with E-state index in [0.717, 1.165) is 0 Å². The molecule has 1 unspecified atom stereocenters. The second kappa shape index (κ2) is 8.07. The molecular formula is C15H25N5O3. The predicted octanol–water partition coefficient (Wildman–Crippen LogP) is -0.0788. The fraction of sp³-hybridized carbons (Fsp3) is 0.667. The first-order valence-corrected chi connectivity index (χ1v) is 7.88. The van der Waals surface area contributed by atoms with Gasteiger partial charge in [-0.1, -0.05) is 12.1 Å². The van der Waals surface area contributed by atoms with Crippen molar-refractivity contribution in [1.29, 1.82) is 0 Å². The Bertz CT molecular complexity index is 537. The maximum Gasteiger partial charge on any atom is 0.239 e. The van der Waals surface area contributed by atoms with Crippen LogP contribution in [0.4, 0.5) is 5.82 Å². The third-order valence-corrected chi connectivity index (χ3v) is 3.88. The second-order valence-corrected chi connectivity index (χ2v) is 5.93. The molecule has 2 N–H and O–H groups in total. The molecule has 0 radical (unpaired) electrons. The number of hydrogen-bond acceptors (Lipinski definition) is 6. The summed E-state index contributed by atoms with van der Waals surface area (Å²) in [6.07, 6.45) is 0. The molecular weight excluding hydrogens is 298 g/mol. The van der Waals surface area contributed by atoms with E-state index >= 15 is 0 Å². The SMILES string of the molecule is CNCC(C)C(=O)N1CCN(CC(=O)Nc2cc(C)on2)CC1. The number of nitrogens with zero attached hydrogens (tertiary/aromatic N) is 3. The monoisotopic (exact) mass is 323 g/mol. The Morgan fingerprint density at radius 1 is 1.35 bits per heavy atom. The van der Waals surface area contributed by atoms with Gasteiger partial charge in [0, 0.05) is 44.7 Å². The second-order valence-electron chi connectivity index (χ2n) is 5.93. The van der Waals surface area contributed by atoms with Crippen LogP contribution in [0, 0.1) is 12.8 Å². The zero-order valence-electron chi connectivity index (χ0n) is 14.0. The van der Waals surface area contributed by atoms with Crippen LogP contribution in [0.25, 0.3) is 0 Å². The summed E-state index contributed by atoms with van der Waals surface area (Å²) >= 11 is 0. The van der Waals surface area contributed by atoms with Gasteiger partial charge in [0.15, 0.2) is 5.82 Å². The first kappa shape index (κ1) is 17.4. The maximum atomic E-state index is 12.2. The number of aromatic nitrogens is 1. The zero-order chi connectivity index (χ0) is 16.8. The average Bonchev–Trinajstić information content (AvgIpc) is 2.92. The van der Waals surface area contributed by atoms with E-state index in [1.165, 1.54) is 0 Å². The van der Waals surface area contributed by atoms with E-state index in [9.17, 15) is 9.59 Å². The van der Waals surface area contributed by atoms with Crippen LogP contribution < -0.4 is 10.6 Å². The highest BCUT2D eigenvalue weighted by molar-refractivity contribution is 5.91. The van der Waals surface area contributed by atoms with Crippen LogP contribution in [0.15, 0.2) is 10.6 Å². The van der Waals surface area contributed by atoms with Crippen LogP contribution in [0.5, 0.6) is 0 Å². The third kappa shape index (κ3) is 5.04. The van der Waals surface area contributed by atoms with Crippen molar-refractivity contribution in [1.82, 2.24) is 20.3 Å². The zero-order valence-corrected chi connectivity index (χ0v) is 14.0. The average molecular weight is 323 g/mol. The van der Waals surface area contributed by atoms with E-state index in [0.29, 0.717) is 50.8 Å². The number of hydrogen-bond donors (Lipinski definition) is 2. The standard InChI is InChI=1S/C15H25N5O3/c1-11(9-16-3)15(22)20-6-4-19(5-7-20)10-14(21)17-13-8-12(2)23-18-13/h8,11,16H,4-7,9-10H2,1-3H3,(H,17,18,21). The summed E-state index contributed by atoms with van der Waals surface area (Å²) in [5, 5.41) is 9.46. The predicted molar refractivity (Wildman–Crippen MR) is 86.0 cm³/mol. The number of anilines is 1. The lowest BCUT2D eigenvalue weighted by Gasteiger charge is -2.35. The van der Waals surface area contributed by atoms with E-state index in [-0.39, 0.29) is 17.7 Å². The van der Waals surface area contributed by atoms with Crippen LogP contribution in [-0.4, -0.2) is 73.1 Å². The van der Waals surface area contributed by atoms with Crippen LogP contribution in [0.2, 0.25) is 0 Å². The molecule has 2 amide bonds. The van der Waals surface area contributed by atoms with Crippen LogP contribution in [0.1, 0.15) is 12.7 Å². The molecule has 1 atom stereocenters. The highest BCUT2D eigenvalue weighted by Gasteiger charge is 2.25. The summed E-state index contributed by atoms with van der Waals surface area (Å²) in [6, 6.07) is 1.68. The molecule has 1 aromatic heterocycles. The number of amides is 2. The van der Waals surface area contributed by atoms with Crippen LogP contribution >= 0.6 is 0 Å². The molecule has 0 spiro atoms. The van der Waals surface area contributed by atoms with E-state index in [1.54, 1.807) is 13.0 Å². The molecule has 1 aromatic rings. The molecule has 1 aliphatic heterocycles. The van der Waals surface area contributed by atoms with E-state index in [2.05, 4.69) is 15.8 Å². The minimum absolute atomic E-state index is 0.0229. The number of nitrogens with one attached hydrogen (secondary N) is 2. The van der Waals surface area contributed by atoms with Crippen molar-refractivity contribution < 1.29 is 14.1 Å². The van der Waals surface area contributed by atoms with Gasteiger partial charge in [-0.05, 0) is 14.0 Å². The fourth-order valence-electron chi connectivity index (χ4n) is 2.64. The molecule has 1 fully saturated rings. The molecule has 0 aromatic carbocycles. The molecule has 8 nitrogen and oxygen atoms in total. The Balaban J connectivity index is 1.74. The molecule has 128 valence electrons. The third-order valence-electron chi connectivity index (χ3n) is 3.88. The molecule has 1 saturated heterocycles. The van der Waals surface area contributed by atoms with Crippen LogP contribution in [-0.2, 0) is 9.59 Å². The summed E-state index contributed by atoms with van der Waals surface area (Å²) < 4.78 is 4.91. The lowest BCUT2D eigenvalue weighted by molar-refractivity contribution is -0.136. The van der Waals surface area contributed by atoms with Gasteiger partial charge >= 0.3 is 0 Å². The molecule has 23 heavy (non-hydrogen) atoms. The molecule has 0 bridgehead atoms. The van der Waals surface area contributed by atoms with Gasteiger partial charge in [0.05, 0.1) is 6.54 Å². The normalized spacial score (nSPS) is 17.1. The summed E-state index contributed by atoms with van der Waals surface area (Å²) in [7, 11) is 1.84. The van der Waals surface area contributed by atoms with Gasteiger partial charge in [0.25, 0.3) is 0 Å². The first-order chi connectivity index (χ1) is 11.0. The number of carbonyl (C=O) groups excluding carboxylic acids is 2. The van der Waals surface area contributed by atoms with Gasteiger partial charge in [-0.25, -0.2) is 0 Å². The van der Waals surface area contributed by atoms with Gasteiger partial charge in [0.1, 0.15) is 5.76 Å². The topological polar surface area (TPSA) is 90.7 Å². The summed E-state index contributed by atoms with van der Waals surface area (Å²) in [6.45, 7) is 7.38. The van der Waals surface area contributed by atoms with Gasteiger partial charge in [-0.15, -0.1) is 0 Å². The Labute approximate surface area is 136 Å². The van der Waals surface area contributed by atoms with Crippen molar-refractivity contribution in [3.05, 3.63) is 11.8 Å². The molecule has 0 saturated carbocycles. The minimum atomic E-state index is -0.123. The first-order valence-electron chi connectivity index (χ1n) is 7.88. The van der Waals surface area contributed by atoms with Gasteiger partial charge in [-0.2, -0.15) is 0 Å². The molecule has 8 heteroatoms. The smallest absolute Gasteiger partial charge is 0.239 e. The summed E-state index contributed by atoms with van der Waals surface area (Å²) in [5.74, 6) is 1.11. The number of rotatable bonds is 6. The van der Waals surface area contributed by atoms with Crippen molar-refractivity contribution in [2.75, 3.05) is 51.6 Å². The molecule has 1 aliphatic rings. The van der Waals surface area contributed by atoms with Crippen molar-refractivity contribution in [2.45, 2.75) is 13.8 Å². The van der Waals surface area contributed by atoms with Crippen molar-refractivity contribution in [3.8, 4) is 0 Å². The van der Waals surface area contributed by atoms with Crippen molar-refractivity contribution in [2.24, 2.45) is 5.92 Å². The van der Waals surface area contributed by atoms with Gasteiger partial charge in [-0.3, -0.25) is 14.5 Å². The summed E-state index contributed by atoms with van der Waals surface area (Å²) in [5.41, 5.74) is 0. The van der Waals surface area contributed by atoms with Gasteiger partial charge < -0.3 is 20.1 Å². The highest BCUT2D eigenvalue weighted by Crippen LogP contribution is 2.09. The number of aryl methyl sites for hydroxylation is 1. The van der Waals surface area contributed by atoms with Crippen molar-refractivity contribution in [3.63, 3.8) is 0 Å². The molecule has 2 heterocycles. The lowest BCUT2D eigenvalue weighted by Crippen LogP contribution is -2.52. The molecule has 0 aliphatic carbocycles.